The number of hydroxylamine groups is 1. The molecule has 180 valence electrons. The van der Waals surface area contributed by atoms with Crippen LogP contribution in [0.5, 0.6) is 11.5 Å². The Morgan fingerprint density at radius 2 is 1.60 bits per heavy atom. The van der Waals surface area contributed by atoms with Crippen LogP contribution in [-0.4, -0.2) is 18.8 Å². The number of fused-ring (bicyclic) bond motifs is 1. The molecule has 0 aliphatic heterocycles. The van der Waals surface area contributed by atoms with Crippen LogP contribution >= 0.6 is 0 Å². The lowest BCUT2D eigenvalue weighted by Crippen LogP contribution is -2.24. The van der Waals surface area contributed by atoms with Gasteiger partial charge in [0, 0.05) is 0 Å². The van der Waals surface area contributed by atoms with Crippen LogP contribution in [0.2, 0.25) is 0 Å². The van der Waals surface area contributed by atoms with Crippen LogP contribution < -0.4 is 15.0 Å². The van der Waals surface area contributed by atoms with Gasteiger partial charge in [0.15, 0.2) is 11.5 Å². The van der Waals surface area contributed by atoms with E-state index in [9.17, 15) is 5.11 Å². The Bertz CT molecular complexity index is 1240. The Balaban J connectivity index is 1.41. The second kappa shape index (κ2) is 12.2. The maximum absolute atomic E-state index is 10.7. The van der Waals surface area contributed by atoms with Crippen molar-refractivity contribution >= 4 is 10.8 Å². The van der Waals surface area contributed by atoms with Gasteiger partial charge in [0.05, 0.1) is 19.8 Å². The molecule has 0 unspecified atom stereocenters. The van der Waals surface area contributed by atoms with Crippen LogP contribution in [-0.2, 0) is 11.4 Å². The van der Waals surface area contributed by atoms with Gasteiger partial charge in [-0.25, -0.2) is 0 Å². The number of nitrogens with one attached hydrogen (secondary N) is 1. The van der Waals surface area contributed by atoms with Gasteiger partial charge in [-0.1, -0.05) is 78.9 Å². The molecule has 4 aromatic carbocycles. The minimum absolute atomic E-state index is 0.111. The summed E-state index contributed by atoms with van der Waals surface area (Å²) in [6.07, 6.45) is 1.71. The third kappa shape index (κ3) is 6.49. The largest absolute Gasteiger partial charge is 0.493 e. The topological polar surface area (TPSA) is 60.0 Å². The molecule has 2 atom stereocenters. The summed E-state index contributed by atoms with van der Waals surface area (Å²) in [5.41, 5.74) is 5.94. The number of methoxy groups -OCH3 is 1. The molecule has 35 heavy (non-hydrogen) atoms. The van der Waals surface area contributed by atoms with Gasteiger partial charge in [0.2, 0.25) is 0 Å². The number of aliphatic hydroxyl groups excluding tert-OH is 1. The fraction of sp³-hybridized carbons (Fsp3) is 0.200. The van der Waals surface area contributed by atoms with E-state index >= 15 is 0 Å². The molecule has 4 rings (SSSR count). The second-order valence-electron chi connectivity index (χ2n) is 8.31. The predicted molar refractivity (Wildman–Crippen MR) is 139 cm³/mol. The molecule has 0 aromatic heterocycles. The highest BCUT2D eigenvalue weighted by molar-refractivity contribution is 5.83. The highest BCUT2D eigenvalue weighted by Gasteiger charge is 2.16. The molecule has 0 amide bonds. The molecular weight excluding hydrogens is 438 g/mol. The fourth-order valence-electron chi connectivity index (χ4n) is 3.92. The zero-order valence-corrected chi connectivity index (χ0v) is 19.9. The first kappa shape index (κ1) is 24.5. The van der Waals surface area contributed by atoms with Crippen molar-refractivity contribution in [3.63, 3.8) is 0 Å². The van der Waals surface area contributed by atoms with Crippen LogP contribution in [0.3, 0.4) is 0 Å². The Kier molecular flexibility index (Phi) is 8.52. The molecule has 4 aromatic rings. The lowest BCUT2D eigenvalue weighted by Gasteiger charge is -2.21. The SMILES string of the molecule is C=CC[C@H](NOC[C@H](O)c1ccc2ccccc2c1)c1ccc(OC)c(OCc2ccccc2)c1. The van der Waals surface area contributed by atoms with Gasteiger partial charge in [-0.15, -0.1) is 6.58 Å². The molecule has 0 aliphatic rings. The van der Waals surface area contributed by atoms with Gasteiger partial charge < -0.3 is 14.6 Å². The van der Waals surface area contributed by atoms with Gasteiger partial charge in [0.25, 0.3) is 0 Å². The molecule has 0 heterocycles. The Hall–Kier alpha value is -3.64. The van der Waals surface area contributed by atoms with E-state index < -0.39 is 6.10 Å². The third-order valence-corrected chi connectivity index (χ3v) is 5.85. The van der Waals surface area contributed by atoms with Crippen molar-refractivity contribution in [3.05, 3.63) is 120 Å². The van der Waals surface area contributed by atoms with Crippen molar-refractivity contribution in [3.8, 4) is 11.5 Å². The van der Waals surface area contributed by atoms with Crippen molar-refractivity contribution in [2.24, 2.45) is 0 Å². The quantitative estimate of drug-likeness (QED) is 0.188. The van der Waals surface area contributed by atoms with E-state index in [-0.39, 0.29) is 12.6 Å². The maximum Gasteiger partial charge on any atom is 0.161 e. The average molecular weight is 470 g/mol. The van der Waals surface area contributed by atoms with Crippen LogP contribution in [0.25, 0.3) is 10.8 Å². The van der Waals surface area contributed by atoms with Gasteiger partial charge in [-0.2, -0.15) is 5.48 Å². The van der Waals surface area contributed by atoms with Crippen molar-refractivity contribution in [1.29, 1.82) is 0 Å². The lowest BCUT2D eigenvalue weighted by atomic mass is 10.0. The summed E-state index contributed by atoms with van der Waals surface area (Å²) >= 11 is 0. The first-order chi connectivity index (χ1) is 17.2. The van der Waals surface area contributed by atoms with E-state index in [1.165, 1.54) is 0 Å². The van der Waals surface area contributed by atoms with E-state index in [2.05, 4.69) is 18.1 Å². The molecule has 0 saturated carbocycles. The van der Waals surface area contributed by atoms with E-state index in [0.717, 1.165) is 27.5 Å². The molecule has 0 fully saturated rings. The monoisotopic (exact) mass is 469 g/mol. The molecule has 0 spiro atoms. The molecule has 0 saturated heterocycles. The van der Waals surface area contributed by atoms with E-state index in [1.807, 2.05) is 91.0 Å². The Morgan fingerprint density at radius 3 is 2.37 bits per heavy atom. The van der Waals surface area contributed by atoms with Gasteiger partial charge in [-0.05, 0) is 52.1 Å². The van der Waals surface area contributed by atoms with E-state index in [1.54, 1.807) is 7.11 Å². The zero-order valence-electron chi connectivity index (χ0n) is 19.9. The minimum Gasteiger partial charge on any atom is -0.493 e. The van der Waals surface area contributed by atoms with Gasteiger partial charge in [-0.3, -0.25) is 4.84 Å². The molecule has 0 bridgehead atoms. The number of rotatable bonds is 12. The highest BCUT2D eigenvalue weighted by Crippen LogP contribution is 2.32. The smallest absolute Gasteiger partial charge is 0.161 e. The fourth-order valence-corrected chi connectivity index (χ4v) is 3.92. The first-order valence-corrected chi connectivity index (χ1v) is 11.7. The third-order valence-electron chi connectivity index (χ3n) is 5.85. The number of hydrogen-bond acceptors (Lipinski definition) is 5. The number of benzene rings is 4. The van der Waals surface area contributed by atoms with Crippen LogP contribution in [0.4, 0.5) is 0 Å². The van der Waals surface area contributed by atoms with Gasteiger partial charge in [0.1, 0.15) is 12.7 Å². The van der Waals surface area contributed by atoms with Crippen molar-refractivity contribution < 1.29 is 19.4 Å². The maximum atomic E-state index is 10.7. The summed E-state index contributed by atoms with van der Waals surface area (Å²) in [5.74, 6) is 1.32. The van der Waals surface area contributed by atoms with Crippen molar-refractivity contribution in [2.45, 2.75) is 25.2 Å². The van der Waals surface area contributed by atoms with Crippen molar-refractivity contribution in [2.75, 3.05) is 13.7 Å². The predicted octanol–water partition coefficient (Wildman–Crippen LogP) is 6.30. The first-order valence-electron chi connectivity index (χ1n) is 11.7. The summed E-state index contributed by atoms with van der Waals surface area (Å²) in [6.45, 7) is 4.43. The molecular formula is C30H31NO4. The molecule has 2 N–H and O–H groups in total. The molecule has 5 heteroatoms. The normalized spacial score (nSPS) is 12.7. The number of ether oxygens (including phenoxy) is 2. The van der Waals surface area contributed by atoms with Crippen LogP contribution in [0.15, 0.2) is 104 Å². The summed E-state index contributed by atoms with van der Waals surface area (Å²) in [5, 5.41) is 12.9. The Labute approximate surface area is 206 Å². The number of aliphatic hydroxyl groups is 1. The Morgan fingerprint density at radius 1 is 0.857 bits per heavy atom. The van der Waals surface area contributed by atoms with E-state index in [0.29, 0.717) is 24.5 Å². The lowest BCUT2D eigenvalue weighted by molar-refractivity contribution is -0.0363. The summed E-state index contributed by atoms with van der Waals surface area (Å²) < 4.78 is 11.6. The standard InChI is InChI=1S/C30H31NO4/c1-3-9-27(31-35-21-28(32)26-15-14-23-12-7-8-13-24(23)18-26)25-16-17-29(33-2)30(19-25)34-20-22-10-5-4-6-11-22/h3-8,10-19,27-28,31-32H,1,9,20-21H2,2H3/t27-,28-/m0/s1. The van der Waals surface area contributed by atoms with Gasteiger partial charge >= 0.3 is 0 Å². The second-order valence-corrected chi connectivity index (χ2v) is 8.31. The minimum atomic E-state index is -0.753. The number of hydrogen-bond donors (Lipinski definition) is 2. The van der Waals surface area contributed by atoms with Crippen molar-refractivity contribution in [1.82, 2.24) is 5.48 Å². The summed E-state index contributed by atoms with van der Waals surface area (Å²) in [7, 11) is 1.63. The van der Waals surface area contributed by atoms with E-state index in [4.69, 9.17) is 14.3 Å². The zero-order chi connectivity index (χ0) is 24.5. The molecule has 5 nitrogen and oxygen atoms in total. The summed E-state index contributed by atoms with van der Waals surface area (Å²) in [6, 6.07) is 29.6. The molecule has 0 aliphatic carbocycles. The highest BCUT2D eigenvalue weighted by atomic mass is 16.6. The molecule has 0 radical (unpaired) electrons. The summed E-state index contributed by atoms with van der Waals surface area (Å²) in [4.78, 5) is 5.74. The van der Waals surface area contributed by atoms with Crippen LogP contribution in [0, 0.1) is 0 Å². The van der Waals surface area contributed by atoms with Crippen LogP contribution in [0.1, 0.15) is 35.3 Å². The average Bonchev–Trinajstić information content (AvgIpc) is 2.91.